The average molecular weight is 523 g/mol. The summed E-state index contributed by atoms with van der Waals surface area (Å²) in [5.41, 5.74) is 9.71. The standard InChI is InChI=1S/C30H22IN/c31-32(29-19-15-27(16-20-29)24-9-5-2-6-10-24)30-21-17-28(18-22-30)26-13-11-25(12-14-26)23-7-3-1-4-8-23/h1-22H. The number of rotatable bonds is 5. The summed E-state index contributed by atoms with van der Waals surface area (Å²) in [6.45, 7) is 0. The Labute approximate surface area is 203 Å². The van der Waals surface area contributed by atoms with Gasteiger partial charge in [0, 0.05) is 0 Å². The van der Waals surface area contributed by atoms with E-state index in [0.717, 1.165) is 11.4 Å². The van der Waals surface area contributed by atoms with Crippen LogP contribution in [-0.4, -0.2) is 0 Å². The number of hydrogen-bond donors (Lipinski definition) is 0. The van der Waals surface area contributed by atoms with E-state index >= 15 is 0 Å². The SMILES string of the molecule is IN(c1ccc(-c2ccccc2)cc1)c1ccc(-c2ccc(-c3ccccc3)cc2)cc1. The third-order valence-electron chi connectivity index (χ3n) is 5.62. The van der Waals surface area contributed by atoms with Crippen molar-refractivity contribution in [3.05, 3.63) is 133 Å². The Morgan fingerprint density at radius 1 is 0.312 bits per heavy atom. The van der Waals surface area contributed by atoms with Crippen LogP contribution in [0.5, 0.6) is 0 Å². The van der Waals surface area contributed by atoms with Crippen LogP contribution in [0.25, 0.3) is 33.4 Å². The third-order valence-corrected chi connectivity index (χ3v) is 6.73. The summed E-state index contributed by atoms with van der Waals surface area (Å²) in [6.07, 6.45) is 0. The van der Waals surface area contributed by atoms with E-state index in [2.05, 4.69) is 147 Å². The molecule has 1 nitrogen and oxygen atoms in total. The van der Waals surface area contributed by atoms with Gasteiger partial charge >= 0.3 is 0 Å². The van der Waals surface area contributed by atoms with Gasteiger partial charge in [-0.2, -0.15) is 0 Å². The maximum Gasteiger partial charge on any atom is 0.0646 e. The largest absolute Gasteiger partial charge is 0.283 e. The van der Waals surface area contributed by atoms with Crippen molar-refractivity contribution in [3.63, 3.8) is 0 Å². The summed E-state index contributed by atoms with van der Waals surface area (Å²) in [7, 11) is 0. The van der Waals surface area contributed by atoms with E-state index in [-0.39, 0.29) is 0 Å². The lowest BCUT2D eigenvalue weighted by Crippen LogP contribution is -2.00. The first-order valence-corrected chi connectivity index (χ1v) is 11.6. The first kappa shape index (κ1) is 20.5. The van der Waals surface area contributed by atoms with Gasteiger partial charge in [-0.25, -0.2) is 0 Å². The summed E-state index contributed by atoms with van der Waals surface area (Å²) < 4.78 is 2.19. The molecule has 0 aliphatic heterocycles. The lowest BCUT2D eigenvalue weighted by atomic mass is 10.0. The van der Waals surface area contributed by atoms with E-state index in [4.69, 9.17) is 0 Å². The maximum atomic E-state index is 2.37. The Morgan fingerprint density at radius 2 is 0.562 bits per heavy atom. The second-order valence-electron chi connectivity index (χ2n) is 7.68. The Morgan fingerprint density at radius 3 is 0.875 bits per heavy atom. The smallest absolute Gasteiger partial charge is 0.0646 e. The zero-order chi connectivity index (χ0) is 21.8. The highest BCUT2D eigenvalue weighted by Gasteiger charge is 2.07. The molecular weight excluding hydrogens is 501 g/mol. The minimum atomic E-state index is 1.16. The zero-order valence-corrected chi connectivity index (χ0v) is 19.7. The van der Waals surface area contributed by atoms with Crippen LogP contribution in [0.3, 0.4) is 0 Å². The lowest BCUT2D eigenvalue weighted by Gasteiger charge is -2.18. The topological polar surface area (TPSA) is 3.24 Å². The van der Waals surface area contributed by atoms with Gasteiger partial charge in [0.2, 0.25) is 0 Å². The molecule has 0 bridgehead atoms. The highest BCUT2D eigenvalue weighted by atomic mass is 127. The van der Waals surface area contributed by atoms with E-state index in [1.807, 2.05) is 12.1 Å². The lowest BCUT2D eigenvalue weighted by molar-refractivity contribution is 1.47. The van der Waals surface area contributed by atoms with Gasteiger partial charge in [0.25, 0.3) is 0 Å². The average Bonchev–Trinajstić information content (AvgIpc) is 2.90. The van der Waals surface area contributed by atoms with E-state index < -0.39 is 0 Å². The van der Waals surface area contributed by atoms with Gasteiger partial charge in [0.15, 0.2) is 0 Å². The van der Waals surface area contributed by atoms with Crippen LogP contribution in [0.2, 0.25) is 0 Å². The van der Waals surface area contributed by atoms with Crippen molar-refractivity contribution in [2.45, 2.75) is 0 Å². The van der Waals surface area contributed by atoms with E-state index in [9.17, 15) is 0 Å². The summed E-state index contributed by atoms with van der Waals surface area (Å²) >= 11 is 2.37. The molecule has 5 aromatic carbocycles. The normalized spacial score (nSPS) is 10.7. The van der Waals surface area contributed by atoms with Crippen LogP contribution >= 0.6 is 22.9 Å². The first-order chi connectivity index (χ1) is 15.8. The van der Waals surface area contributed by atoms with Crippen LogP contribution in [0.4, 0.5) is 11.4 Å². The highest BCUT2D eigenvalue weighted by molar-refractivity contribution is 14.1. The van der Waals surface area contributed by atoms with Gasteiger partial charge in [-0.15, -0.1) is 0 Å². The Hall–Kier alpha value is -3.37. The van der Waals surface area contributed by atoms with Crippen LogP contribution in [0.1, 0.15) is 0 Å². The molecule has 0 heterocycles. The monoisotopic (exact) mass is 523 g/mol. The van der Waals surface area contributed by atoms with Crippen LogP contribution in [0.15, 0.2) is 133 Å². The molecule has 0 fully saturated rings. The summed E-state index contributed by atoms with van der Waals surface area (Å²) in [5.74, 6) is 0. The van der Waals surface area contributed by atoms with E-state index in [0.29, 0.717) is 0 Å². The predicted molar refractivity (Wildman–Crippen MR) is 145 cm³/mol. The molecule has 0 spiro atoms. The van der Waals surface area contributed by atoms with Gasteiger partial charge in [-0.05, 0) is 57.6 Å². The number of anilines is 2. The second-order valence-corrected chi connectivity index (χ2v) is 8.65. The molecule has 32 heavy (non-hydrogen) atoms. The molecule has 0 atom stereocenters. The van der Waals surface area contributed by atoms with Gasteiger partial charge in [0.1, 0.15) is 0 Å². The second kappa shape index (κ2) is 9.41. The maximum absolute atomic E-state index is 2.37. The van der Waals surface area contributed by atoms with Crippen LogP contribution in [0, 0.1) is 0 Å². The first-order valence-electron chi connectivity index (χ1n) is 10.7. The minimum Gasteiger partial charge on any atom is -0.283 e. The van der Waals surface area contributed by atoms with Crippen molar-refractivity contribution in [1.29, 1.82) is 0 Å². The van der Waals surface area contributed by atoms with Crippen molar-refractivity contribution >= 4 is 34.2 Å². The summed E-state index contributed by atoms with van der Waals surface area (Å²) in [4.78, 5) is 0. The highest BCUT2D eigenvalue weighted by Crippen LogP contribution is 2.33. The summed E-state index contributed by atoms with van der Waals surface area (Å²) in [5, 5.41) is 0. The molecule has 0 aliphatic rings. The predicted octanol–water partition coefficient (Wildman–Crippen LogP) is 9.18. The minimum absolute atomic E-state index is 1.16. The molecule has 0 radical (unpaired) electrons. The number of benzene rings is 5. The molecule has 0 N–H and O–H groups in total. The van der Waals surface area contributed by atoms with Crippen molar-refractivity contribution in [2.75, 3.05) is 3.11 Å². The molecule has 5 rings (SSSR count). The Kier molecular flexibility index (Phi) is 6.04. The molecular formula is C30H22IN. The van der Waals surface area contributed by atoms with Gasteiger partial charge in [-0.3, -0.25) is 3.11 Å². The van der Waals surface area contributed by atoms with Gasteiger partial charge in [-0.1, -0.05) is 109 Å². The number of hydrogen-bond acceptors (Lipinski definition) is 1. The van der Waals surface area contributed by atoms with Crippen LogP contribution < -0.4 is 3.11 Å². The molecule has 0 aromatic heterocycles. The van der Waals surface area contributed by atoms with Crippen molar-refractivity contribution < 1.29 is 0 Å². The van der Waals surface area contributed by atoms with Crippen LogP contribution in [-0.2, 0) is 0 Å². The molecule has 0 amide bonds. The summed E-state index contributed by atoms with van der Waals surface area (Å²) in [6, 6.07) is 47.2. The fourth-order valence-corrected chi connectivity index (χ4v) is 4.48. The molecule has 5 aromatic rings. The fourth-order valence-electron chi connectivity index (χ4n) is 3.83. The Balaban J connectivity index is 1.32. The molecule has 0 aliphatic carbocycles. The Bertz CT molecular complexity index is 1280. The quantitative estimate of drug-likeness (QED) is 0.164. The third kappa shape index (κ3) is 4.46. The fraction of sp³-hybridized carbons (Fsp3) is 0. The molecule has 0 saturated carbocycles. The zero-order valence-electron chi connectivity index (χ0n) is 17.5. The molecule has 0 unspecified atom stereocenters. The van der Waals surface area contributed by atoms with Gasteiger partial charge in [0.05, 0.1) is 34.2 Å². The van der Waals surface area contributed by atoms with Gasteiger partial charge < -0.3 is 0 Å². The van der Waals surface area contributed by atoms with Crippen molar-refractivity contribution in [2.24, 2.45) is 0 Å². The number of nitrogens with zero attached hydrogens (tertiary/aromatic N) is 1. The molecule has 0 saturated heterocycles. The van der Waals surface area contributed by atoms with Crippen molar-refractivity contribution in [1.82, 2.24) is 0 Å². The molecule has 154 valence electrons. The molecule has 2 heteroatoms. The van der Waals surface area contributed by atoms with Crippen molar-refractivity contribution in [3.8, 4) is 33.4 Å². The van der Waals surface area contributed by atoms with E-state index in [1.165, 1.54) is 33.4 Å². The number of halogens is 1. The van der Waals surface area contributed by atoms with E-state index in [1.54, 1.807) is 0 Å².